The van der Waals surface area contributed by atoms with E-state index < -0.39 is 17.3 Å². The third-order valence-corrected chi connectivity index (χ3v) is 8.78. The molecule has 0 N–H and O–H groups in total. The van der Waals surface area contributed by atoms with Crippen molar-refractivity contribution in [2.24, 2.45) is 0 Å². The number of hydrogen-bond acceptors (Lipinski definition) is 6. The first-order valence-corrected chi connectivity index (χ1v) is 15.5. The summed E-state index contributed by atoms with van der Waals surface area (Å²) in [4.78, 5) is 44.3. The predicted molar refractivity (Wildman–Crippen MR) is 185 cm³/mol. The molecular weight excluding hydrogens is 584 g/mol. The van der Waals surface area contributed by atoms with Gasteiger partial charge in [0.1, 0.15) is 33.0 Å². The third kappa shape index (κ3) is 5.65. The molecule has 1 aromatic carbocycles. The van der Waals surface area contributed by atoms with E-state index in [1.54, 1.807) is 29.3 Å². The molecule has 3 aromatic heterocycles. The zero-order chi connectivity index (χ0) is 33.6. The lowest BCUT2D eigenvalue weighted by Crippen LogP contribution is -2.58. The van der Waals surface area contributed by atoms with Crippen molar-refractivity contribution in [2.75, 3.05) is 18.0 Å². The van der Waals surface area contributed by atoms with Gasteiger partial charge in [-0.05, 0) is 69.0 Å². The summed E-state index contributed by atoms with van der Waals surface area (Å²) in [5.74, 6) is -1.38. The minimum absolute atomic E-state index is 0.0169. The highest BCUT2D eigenvalue weighted by molar-refractivity contribution is 6.51. The SMILES string of the molecule is BC(B)=C(C)c1cccc(F)c1-c1nc2c(cc1F)c(N1[C@@H](C)CN(C(=O)C=C)C[C@@H]1C)nc(=O)n2-c1c(C)ccnc1C(C)C. The van der Waals surface area contributed by atoms with Crippen LogP contribution in [0, 0.1) is 18.6 Å². The van der Waals surface area contributed by atoms with Crippen molar-refractivity contribution in [3.8, 4) is 16.9 Å². The molecule has 12 heteroatoms. The number of hydrogen-bond donors (Lipinski definition) is 0. The summed E-state index contributed by atoms with van der Waals surface area (Å²) >= 11 is 0. The first-order chi connectivity index (χ1) is 21.8. The van der Waals surface area contributed by atoms with Gasteiger partial charge in [0.25, 0.3) is 0 Å². The number of benzene rings is 1. The van der Waals surface area contributed by atoms with Crippen molar-refractivity contribution >= 4 is 44.0 Å². The largest absolute Gasteiger partial charge is 0.355 e. The number of halogens is 2. The highest BCUT2D eigenvalue weighted by atomic mass is 19.1. The van der Waals surface area contributed by atoms with Gasteiger partial charge in [-0.2, -0.15) is 4.98 Å². The maximum Gasteiger partial charge on any atom is 0.355 e. The highest BCUT2D eigenvalue weighted by Crippen LogP contribution is 2.37. The summed E-state index contributed by atoms with van der Waals surface area (Å²) in [6.07, 6.45) is 2.96. The maximum atomic E-state index is 16.5. The Morgan fingerprint density at radius 2 is 1.76 bits per heavy atom. The molecule has 1 aliphatic rings. The fourth-order valence-corrected chi connectivity index (χ4v) is 6.36. The molecule has 46 heavy (non-hydrogen) atoms. The topological polar surface area (TPSA) is 84.2 Å². The Hall–Kier alpha value is -4.60. The minimum atomic E-state index is -0.749. The Balaban J connectivity index is 1.89. The maximum absolute atomic E-state index is 16.5. The van der Waals surface area contributed by atoms with Crippen LogP contribution in [0.1, 0.15) is 57.4 Å². The van der Waals surface area contributed by atoms with Crippen LogP contribution in [0.3, 0.4) is 0 Å². The summed E-state index contributed by atoms with van der Waals surface area (Å²) in [5.41, 5.74) is 2.55. The normalized spacial score (nSPS) is 16.6. The number of rotatable bonds is 6. The van der Waals surface area contributed by atoms with Gasteiger partial charge in [0.15, 0.2) is 11.5 Å². The average Bonchev–Trinajstić information content (AvgIpc) is 3.00. The van der Waals surface area contributed by atoms with Gasteiger partial charge in [0, 0.05) is 36.9 Å². The zero-order valence-electron chi connectivity index (χ0n) is 27.7. The molecular formula is C34H38B2F2N6O2. The molecule has 0 spiro atoms. The average molecular weight is 622 g/mol. The first-order valence-electron chi connectivity index (χ1n) is 15.5. The van der Waals surface area contributed by atoms with Crippen LogP contribution in [-0.4, -0.2) is 71.2 Å². The van der Waals surface area contributed by atoms with Crippen molar-refractivity contribution in [3.05, 3.63) is 93.5 Å². The molecule has 0 saturated carbocycles. The first kappa shape index (κ1) is 32.8. The molecule has 5 rings (SSSR count). The van der Waals surface area contributed by atoms with E-state index in [1.165, 1.54) is 22.8 Å². The fourth-order valence-electron chi connectivity index (χ4n) is 6.36. The third-order valence-electron chi connectivity index (χ3n) is 8.78. The molecule has 4 aromatic rings. The number of nitrogens with zero attached hydrogens (tertiary/aromatic N) is 6. The summed E-state index contributed by atoms with van der Waals surface area (Å²) in [5, 5.41) is 1.24. The van der Waals surface area contributed by atoms with Crippen molar-refractivity contribution in [1.82, 2.24) is 24.4 Å². The van der Waals surface area contributed by atoms with Crippen LogP contribution in [0.5, 0.6) is 0 Å². The van der Waals surface area contributed by atoms with Gasteiger partial charge in [-0.25, -0.2) is 23.1 Å². The second-order valence-electron chi connectivity index (χ2n) is 12.6. The lowest BCUT2D eigenvalue weighted by Gasteiger charge is -2.45. The van der Waals surface area contributed by atoms with Crippen molar-refractivity contribution in [1.29, 1.82) is 0 Å². The van der Waals surface area contributed by atoms with Crippen LogP contribution in [-0.2, 0) is 4.79 Å². The van der Waals surface area contributed by atoms with Crippen molar-refractivity contribution in [3.63, 3.8) is 0 Å². The zero-order valence-corrected chi connectivity index (χ0v) is 27.7. The quantitative estimate of drug-likeness (QED) is 0.238. The number of aryl methyl sites for hydroxylation is 1. The van der Waals surface area contributed by atoms with E-state index in [2.05, 4.69) is 16.5 Å². The molecule has 1 fully saturated rings. The Morgan fingerprint density at radius 3 is 2.37 bits per heavy atom. The number of anilines is 1. The van der Waals surface area contributed by atoms with Gasteiger partial charge in [-0.1, -0.05) is 38.1 Å². The van der Waals surface area contributed by atoms with Gasteiger partial charge >= 0.3 is 5.69 Å². The van der Waals surface area contributed by atoms with Crippen LogP contribution in [0.15, 0.2) is 59.3 Å². The predicted octanol–water partition coefficient (Wildman–Crippen LogP) is 4.12. The van der Waals surface area contributed by atoms with Gasteiger partial charge in [0.2, 0.25) is 5.91 Å². The van der Waals surface area contributed by atoms with Crippen molar-refractivity contribution < 1.29 is 13.6 Å². The number of carbonyl (C=O) groups excluding carboxylic acids is 1. The molecule has 1 saturated heterocycles. The van der Waals surface area contributed by atoms with E-state index in [0.717, 1.165) is 16.5 Å². The van der Waals surface area contributed by atoms with E-state index in [-0.39, 0.29) is 52.0 Å². The molecule has 0 radical (unpaired) electrons. The number of fused-ring (bicyclic) bond motifs is 1. The summed E-state index contributed by atoms with van der Waals surface area (Å²) in [6.45, 7) is 15.8. The number of amides is 1. The molecule has 0 unspecified atom stereocenters. The lowest BCUT2D eigenvalue weighted by molar-refractivity contribution is -0.127. The van der Waals surface area contributed by atoms with Gasteiger partial charge < -0.3 is 9.80 Å². The van der Waals surface area contributed by atoms with Crippen LogP contribution < -0.4 is 10.6 Å². The van der Waals surface area contributed by atoms with Gasteiger partial charge in [0.05, 0.1) is 16.8 Å². The monoisotopic (exact) mass is 622 g/mol. The Labute approximate surface area is 269 Å². The second kappa shape index (κ2) is 12.7. The molecule has 0 aliphatic carbocycles. The van der Waals surface area contributed by atoms with Crippen LogP contribution >= 0.6 is 0 Å². The molecule has 0 bridgehead atoms. The number of carbonyl (C=O) groups is 1. The van der Waals surface area contributed by atoms with E-state index >= 15 is 8.78 Å². The standard InChI is InChI=1S/C34H38B2F2N6O2/c1-8-26(45)42-15-19(5)43(20(6)16-42)33-23-14-25(38)29(27-22(21(7)31(35)36)10-9-11-24(27)37)40-32(23)44(34(46)41-33)30-18(4)12-13-39-28(30)17(2)3/h8-14,17,19-20H,1,15-16,35-36H2,2-7H3/t19-,20-/m0/s1. The lowest BCUT2D eigenvalue weighted by atomic mass is 9.73. The van der Waals surface area contributed by atoms with Gasteiger partial charge in [-0.3, -0.25) is 9.78 Å². The van der Waals surface area contributed by atoms with Crippen molar-refractivity contribution in [2.45, 2.75) is 59.5 Å². The van der Waals surface area contributed by atoms with Crippen LogP contribution in [0.2, 0.25) is 0 Å². The smallest absolute Gasteiger partial charge is 0.347 e. The van der Waals surface area contributed by atoms with Crippen LogP contribution in [0.4, 0.5) is 14.6 Å². The minimum Gasteiger partial charge on any atom is -0.347 e. The number of pyridine rings is 2. The van der Waals surface area contributed by atoms with E-state index in [4.69, 9.17) is 4.98 Å². The van der Waals surface area contributed by atoms with Gasteiger partial charge in [-0.15, -0.1) is 5.37 Å². The summed E-state index contributed by atoms with van der Waals surface area (Å²) < 4.78 is 33.5. The number of aromatic nitrogens is 4. The Kier molecular flexibility index (Phi) is 9.02. The highest BCUT2D eigenvalue weighted by Gasteiger charge is 2.35. The fraction of sp³-hybridized carbons (Fsp3) is 0.324. The second-order valence-corrected chi connectivity index (χ2v) is 12.6. The summed E-state index contributed by atoms with van der Waals surface area (Å²) in [7, 11) is 3.82. The molecule has 4 heterocycles. The molecule has 236 valence electrons. The van der Waals surface area contributed by atoms with E-state index in [9.17, 15) is 9.59 Å². The molecule has 1 amide bonds. The molecule has 8 nitrogen and oxygen atoms in total. The van der Waals surface area contributed by atoms with Crippen LogP contribution in [0.25, 0.3) is 33.6 Å². The van der Waals surface area contributed by atoms with E-state index in [0.29, 0.717) is 30.0 Å². The number of piperazine rings is 1. The summed E-state index contributed by atoms with van der Waals surface area (Å²) in [6, 6.07) is 7.16. The number of allylic oxidation sites excluding steroid dienone is 1. The molecule has 1 aliphatic heterocycles. The van der Waals surface area contributed by atoms with E-state index in [1.807, 2.05) is 62.1 Å². The molecule has 2 atom stereocenters. The Morgan fingerprint density at radius 1 is 1.09 bits per heavy atom. The Bertz CT molecular complexity index is 1960.